The van der Waals surface area contributed by atoms with Gasteiger partial charge in [-0.15, -0.1) is 12.4 Å². The fourth-order valence-electron chi connectivity index (χ4n) is 3.45. The van der Waals surface area contributed by atoms with Crippen LogP contribution in [0.25, 0.3) is 11.4 Å². The van der Waals surface area contributed by atoms with Crippen molar-refractivity contribution in [3.63, 3.8) is 0 Å². The Kier molecular flexibility index (Phi) is 5.39. The Bertz CT molecular complexity index is 743. The van der Waals surface area contributed by atoms with Crippen LogP contribution in [0.4, 0.5) is 5.69 Å². The smallest absolute Gasteiger partial charge is 0.224 e. The van der Waals surface area contributed by atoms with Crippen LogP contribution in [-0.2, 0) is 4.79 Å². The Labute approximate surface area is 153 Å². The van der Waals surface area contributed by atoms with E-state index in [-0.39, 0.29) is 24.4 Å². The minimum atomic E-state index is 0. The first-order valence-corrected chi connectivity index (χ1v) is 8.77. The molecule has 4 rings (SSSR count). The summed E-state index contributed by atoms with van der Waals surface area (Å²) in [6, 6.07) is 7.86. The van der Waals surface area contributed by atoms with E-state index in [9.17, 15) is 4.79 Å². The largest absolute Gasteiger partial charge is 0.327 e. The third kappa shape index (κ3) is 4.19. The lowest BCUT2D eigenvalue weighted by Gasteiger charge is -2.14. The van der Waals surface area contributed by atoms with Gasteiger partial charge >= 0.3 is 0 Å². The van der Waals surface area contributed by atoms with Gasteiger partial charge in [0.15, 0.2) is 5.82 Å². The standard InChI is InChI=1S/C18H23N5O.ClH/c19-15-6-2-3-12(15)10-16(24)20-14-5-1-4-13(9-14)18-21-17(22-23-18)11-7-8-11;/h1,4-5,9,11-12,15H,2-3,6-8,10,19H2,(H,20,24)(H,21,22,23);1H/t12-,15+;/m0./s1. The van der Waals surface area contributed by atoms with Gasteiger partial charge in [-0.1, -0.05) is 18.6 Å². The molecule has 1 aromatic carbocycles. The van der Waals surface area contributed by atoms with Gasteiger partial charge in [0.05, 0.1) is 0 Å². The van der Waals surface area contributed by atoms with Crippen molar-refractivity contribution in [3.05, 3.63) is 30.1 Å². The van der Waals surface area contributed by atoms with E-state index in [1.54, 1.807) is 0 Å². The fourth-order valence-corrected chi connectivity index (χ4v) is 3.45. The van der Waals surface area contributed by atoms with Gasteiger partial charge < -0.3 is 11.1 Å². The Hall–Kier alpha value is -1.92. The number of halogens is 1. The molecule has 0 saturated heterocycles. The van der Waals surface area contributed by atoms with Crippen molar-refractivity contribution in [1.29, 1.82) is 0 Å². The summed E-state index contributed by atoms with van der Waals surface area (Å²) in [5.41, 5.74) is 7.74. The molecule has 0 aliphatic heterocycles. The van der Waals surface area contributed by atoms with Crippen LogP contribution in [0.1, 0.15) is 50.3 Å². The van der Waals surface area contributed by atoms with Crippen LogP contribution in [0.2, 0.25) is 0 Å². The highest BCUT2D eigenvalue weighted by Gasteiger charge is 2.27. The zero-order valence-electron chi connectivity index (χ0n) is 14.1. The number of H-pyrrole nitrogens is 1. The van der Waals surface area contributed by atoms with E-state index in [1.165, 1.54) is 12.8 Å². The maximum Gasteiger partial charge on any atom is 0.224 e. The van der Waals surface area contributed by atoms with Crippen molar-refractivity contribution in [2.24, 2.45) is 11.7 Å². The number of benzene rings is 1. The van der Waals surface area contributed by atoms with E-state index in [0.29, 0.717) is 24.1 Å². The van der Waals surface area contributed by atoms with Crippen LogP contribution in [0, 0.1) is 5.92 Å². The molecule has 134 valence electrons. The van der Waals surface area contributed by atoms with E-state index in [1.807, 2.05) is 24.3 Å². The molecular weight excluding hydrogens is 338 g/mol. The van der Waals surface area contributed by atoms with Crippen LogP contribution in [0.15, 0.2) is 24.3 Å². The predicted molar refractivity (Wildman–Crippen MR) is 99.6 cm³/mol. The number of rotatable bonds is 5. The molecule has 1 aromatic heterocycles. The molecule has 0 radical (unpaired) electrons. The van der Waals surface area contributed by atoms with Gasteiger partial charge in [-0.3, -0.25) is 9.89 Å². The number of nitrogens with zero attached hydrogens (tertiary/aromatic N) is 2. The summed E-state index contributed by atoms with van der Waals surface area (Å²) in [7, 11) is 0. The zero-order valence-corrected chi connectivity index (χ0v) is 14.9. The molecule has 0 unspecified atom stereocenters. The summed E-state index contributed by atoms with van der Waals surface area (Å²) < 4.78 is 0. The van der Waals surface area contributed by atoms with Crippen LogP contribution < -0.4 is 11.1 Å². The van der Waals surface area contributed by atoms with Crippen LogP contribution in [0.3, 0.4) is 0 Å². The van der Waals surface area contributed by atoms with Crippen molar-refractivity contribution in [1.82, 2.24) is 15.2 Å². The summed E-state index contributed by atoms with van der Waals surface area (Å²) in [6.07, 6.45) is 6.08. The first-order chi connectivity index (χ1) is 11.7. The van der Waals surface area contributed by atoms with Crippen LogP contribution in [0.5, 0.6) is 0 Å². The molecule has 4 N–H and O–H groups in total. The average molecular weight is 362 g/mol. The van der Waals surface area contributed by atoms with E-state index in [0.717, 1.165) is 36.3 Å². The minimum absolute atomic E-state index is 0. The quantitative estimate of drug-likeness (QED) is 0.761. The van der Waals surface area contributed by atoms with Gasteiger partial charge in [0.1, 0.15) is 5.82 Å². The summed E-state index contributed by atoms with van der Waals surface area (Å²) in [5.74, 6) is 2.54. The van der Waals surface area contributed by atoms with Crippen LogP contribution in [-0.4, -0.2) is 27.1 Å². The fraction of sp³-hybridized carbons (Fsp3) is 0.500. The topological polar surface area (TPSA) is 96.7 Å². The number of hydrogen-bond acceptors (Lipinski definition) is 4. The van der Waals surface area contributed by atoms with Gasteiger partial charge in [0, 0.05) is 29.6 Å². The number of nitrogens with one attached hydrogen (secondary N) is 2. The third-order valence-electron chi connectivity index (χ3n) is 5.04. The highest BCUT2D eigenvalue weighted by atomic mass is 35.5. The van der Waals surface area contributed by atoms with Gasteiger partial charge in [0.2, 0.25) is 5.91 Å². The van der Waals surface area contributed by atoms with Crippen molar-refractivity contribution < 1.29 is 4.79 Å². The molecule has 1 amide bonds. The Morgan fingerprint density at radius 1 is 1.28 bits per heavy atom. The highest BCUT2D eigenvalue weighted by Crippen LogP contribution is 2.38. The molecule has 6 nitrogen and oxygen atoms in total. The second-order valence-corrected chi connectivity index (χ2v) is 7.01. The maximum absolute atomic E-state index is 12.3. The Morgan fingerprint density at radius 3 is 2.84 bits per heavy atom. The molecule has 1 heterocycles. The van der Waals surface area contributed by atoms with Gasteiger partial charge in [-0.2, -0.15) is 5.10 Å². The Morgan fingerprint density at radius 2 is 2.12 bits per heavy atom. The number of hydrogen-bond donors (Lipinski definition) is 3. The number of amides is 1. The summed E-state index contributed by atoms with van der Waals surface area (Å²) >= 11 is 0. The molecule has 2 atom stereocenters. The molecule has 0 bridgehead atoms. The molecule has 2 aliphatic carbocycles. The predicted octanol–water partition coefficient (Wildman–Crippen LogP) is 3.23. The number of carbonyl (C=O) groups excluding carboxylic acids is 1. The van der Waals surface area contributed by atoms with E-state index < -0.39 is 0 Å². The summed E-state index contributed by atoms with van der Waals surface area (Å²) in [5, 5.41) is 10.3. The molecule has 2 aliphatic rings. The molecule has 7 heteroatoms. The molecule has 0 spiro atoms. The number of anilines is 1. The number of aromatic nitrogens is 3. The first kappa shape index (κ1) is 17.9. The Balaban J connectivity index is 0.00000182. The van der Waals surface area contributed by atoms with Crippen LogP contribution >= 0.6 is 12.4 Å². The van der Waals surface area contributed by atoms with Gasteiger partial charge in [-0.05, 0) is 43.7 Å². The van der Waals surface area contributed by atoms with Crippen molar-refractivity contribution >= 4 is 24.0 Å². The molecule has 2 aromatic rings. The molecular formula is C18H24ClN5O. The highest BCUT2D eigenvalue weighted by molar-refractivity contribution is 5.91. The van der Waals surface area contributed by atoms with Crippen molar-refractivity contribution in [3.8, 4) is 11.4 Å². The maximum atomic E-state index is 12.3. The zero-order chi connectivity index (χ0) is 16.5. The first-order valence-electron chi connectivity index (χ1n) is 8.77. The number of carbonyl (C=O) groups is 1. The van der Waals surface area contributed by atoms with Crippen molar-refractivity contribution in [2.75, 3.05) is 5.32 Å². The molecule has 2 saturated carbocycles. The molecule has 25 heavy (non-hydrogen) atoms. The SMILES string of the molecule is Cl.N[C@@H]1CCC[C@H]1CC(=O)Nc1cccc(-c2n[nH]c(C3CC3)n2)c1. The monoisotopic (exact) mass is 361 g/mol. The second-order valence-electron chi connectivity index (χ2n) is 7.01. The second kappa shape index (κ2) is 7.54. The van der Waals surface area contributed by atoms with Crippen molar-refractivity contribution in [2.45, 2.75) is 50.5 Å². The number of aromatic amines is 1. The van der Waals surface area contributed by atoms with E-state index in [4.69, 9.17) is 5.73 Å². The normalized spacial score (nSPS) is 22.4. The molecule has 2 fully saturated rings. The van der Waals surface area contributed by atoms with E-state index in [2.05, 4.69) is 20.5 Å². The summed E-state index contributed by atoms with van der Waals surface area (Å²) in [6.45, 7) is 0. The number of nitrogens with two attached hydrogens (primary N) is 1. The lowest BCUT2D eigenvalue weighted by Crippen LogP contribution is -2.28. The summed E-state index contributed by atoms with van der Waals surface area (Å²) in [4.78, 5) is 16.8. The third-order valence-corrected chi connectivity index (χ3v) is 5.04. The van der Waals surface area contributed by atoms with Gasteiger partial charge in [-0.25, -0.2) is 4.98 Å². The van der Waals surface area contributed by atoms with E-state index >= 15 is 0 Å². The van der Waals surface area contributed by atoms with Gasteiger partial charge in [0.25, 0.3) is 0 Å². The average Bonchev–Trinajstić information content (AvgIpc) is 3.17. The minimum Gasteiger partial charge on any atom is -0.327 e. The lowest BCUT2D eigenvalue weighted by molar-refractivity contribution is -0.117. The lowest BCUT2D eigenvalue weighted by atomic mass is 10.00.